The molecular weight excluding hydrogens is 328 g/mol. The largest absolute Gasteiger partial charge is 0.381 e. The second-order valence-corrected chi connectivity index (χ2v) is 5.65. The van der Waals surface area contributed by atoms with Crippen molar-refractivity contribution in [3.63, 3.8) is 0 Å². The van der Waals surface area contributed by atoms with Gasteiger partial charge in [-0.3, -0.25) is 0 Å². The summed E-state index contributed by atoms with van der Waals surface area (Å²) < 4.78 is 3.02. The highest BCUT2D eigenvalue weighted by molar-refractivity contribution is 9.10. The zero-order chi connectivity index (χ0) is 14.7. The number of hydrogen-bond donors (Lipinski definition) is 1. The molecule has 0 fully saturated rings. The van der Waals surface area contributed by atoms with Gasteiger partial charge in [0.15, 0.2) is 5.82 Å². The molecule has 0 atom stereocenters. The van der Waals surface area contributed by atoms with Crippen molar-refractivity contribution in [1.29, 1.82) is 0 Å². The molecule has 5 heteroatoms. The molecule has 1 N–H and O–H groups in total. The number of aryl methyl sites for hydroxylation is 1. The third-order valence-electron chi connectivity index (χ3n) is 3.27. The Bertz CT molecular complexity index is 751. The van der Waals surface area contributed by atoms with Crippen molar-refractivity contribution in [2.75, 3.05) is 5.32 Å². The van der Waals surface area contributed by atoms with Crippen LogP contribution in [0.15, 0.2) is 59.3 Å². The summed E-state index contributed by atoms with van der Waals surface area (Å²) in [6.45, 7) is 0.768. The molecule has 1 aromatic heterocycles. The minimum absolute atomic E-state index is 0.768. The van der Waals surface area contributed by atoms with Crippen LogP contribution in [-0.4, -0.2) is 14.8 Å². The maximum Gasteiger partial charge on any atom is 0.163 e. The van der Waals surface area contributed by atoms with E-state index < -0.39 is 0 Å². The number of aromatic nitrogens is 3. The molecule has 0 saturated heterocycles. The highest BCUT2D eigenvalue weighted by Gasteiger charge is 2.05. The van der Waals surface area contributed by atoms with Gasteiger partial charge in [0.2, 0.25) is 0 Å². The van der Waals surface area contributed by atoms with Crippen LogP contribution in [0.1, 0.15) is 5.56 Å². The Morgan fingerprint density at radius 3 is 2.76 bits per heavy atom. The van der Waals surface area contributed by atoms with Crippen LogP contribution >= 0.6 is 15.9 Å². The standard InChI is InChI=1S/C16H15BrN4/c1-21-11-19-20-16(21)12-6-4-7-14(9-12)18-10-13-5-2-3-8-15(13)17/h2-9,11,18H,10H2,1H3. The summed E-state index contributed by atoms with van der Waals surface area (Å²) in [6.07, 6.45) is 1.70. The van der Waals surface area contributed by atoms with E-state index in [2.05, 4.69) is 49.6 Å². The Balaban J connectivity index is 1.78. The van der Waals surface area contributed by atoms with E-state index in [0.29, 0.717) is 0 Å². The molecule has 3 aromatic rings. The first-order chi connectivity index (χ1) is 10.2. The van der Waals surface area contributed by atoms with Crippen molar-refractivity contribution in [2.24, 2.45) is 7.05 Å². The lowest BCUT2D eigenvalue weighted by atomic mass is 10.1. The van der Waals surface area contributed by atoms with E-state index in [1.807, 2.05) is 41.9 Å². The molecule has 0 aliphatic carbocycles. The molecule has 0 aliphatic heterocycles. The summed E-state index contributed by atoms with van der Waals surface area (Å²) in [5.74, 6) is 0.861. The summed E-state index contributed by atoms with van der Waals surface area (Å²) in [6, 6.07) is 16.4. The van der Waals surface area contributed by atoms with Crippen LogP contribution in [0.5, 0.6) is 0 Å². The van der Waals surface area contributed by atoms with E-state index in [0.717, 1.165) is 28.1 Å². The fourth-order valence-electron chi connectivity index (χ4n) is 2.15. The Labute approximate surface area is 132 Å². The van der Waals surface area contributed by atoms with Crippen LogP contribution in [0.2, 0.25) is 0 Å². The minimum Gasteiger partial charge on any atom is -0.381 e. The van der Waals surface area contributed by atoms with Crippen molar-refractivity contribution >= 4 is 21.6 Å². The van der Waals surface area contributed by atoms with E-state index in [1.54, 1.807) is 6.33 Å². The molecule has 106 valence electrons. The molecule has 2 aromatic carbocycles. The van der Waals surface area contributed by atoms with Crippen molar-refractivity contribution < 1.29 is 0 Å². The summed E-state index contributed by atoms with van der Waals surface area (Å²) in [7, 11) is 1.94. The van der Waals surface area contributed by atoms with E-state index in [4.69, 9.17) is 0 Å². The zero-order valence-electron chi connectivity index (χ0n) is 11.6. The zero-order valence-corrected chi connectivity index (χ0v) is 13.2. The number of halogens is 1. The van der Waals surface area contributed by atoms with Gasteiger partial charge < -0.3 is 9.88 Å². The van der Waals surface area contributed by atoms with Crippen molar-refractivity contribution in [1.82, 2.24) is 14.8 Å². The minimum atomic E-state index is 0.768. The molecule has 21 heavy (non-hydrogen) atoms. The molecule has 4 nitrogen and oxygen atoms in total. The molecule has 0 spiro atoms. The van der Waals surface area contributed by atoms with Gasteiger partial charge in [0.05, 0.1) is 0 Å². The normalized spacial score (nSPS) is 10.6. The fraction of sp³-hybridized carbons (Fsp3) is 0.125. The number of rotatable bonds is 4. The third kappa shape index (κ3) is 3.13. The molecule has 0 bridgehead atoms. The lowest BCUT2D eigenvalue weighted by molar-refractivity contribution is 0.920. The summed E-state index contributed by atoms with van der Waals surface area (Å²) in [5, 5.41) is 11.5. The summed E-state index contributed by atoms with van der Waals surface area (Å²) in [5.41, 5.74) is 3.33. The SMILES string of the molecule is Cn1cnnc1-c1cccc(NCc2ccccc2Br)c1. The number of anilines is 1. The Morgan fingerprint density at radius 1 is 1.14 bits per heavy atom. The third-order valence-corrected chi connectivity index (χ3v) is 4.05. The van der Waals surface area contributed by atoms with E-state index in [1.165, 1.54) is 5.56 Å². The number of nitrogens with one attached hydrogen (secondary N) is 1. The molecule has 3 rings (SSSR count). The van der Waals surface area contributed by atoms with Gasteiger partial charge in [-0.25, -0.2) is 0 Å². The maximum atomic E-state index is 4.14. The second-order valence-electron chi connectivity index (χ2n) is 4.79. The van der Waals surface area contributed by atoms with E-state index in [9.17, 15) is 0 Å². The summed E-state index contributed by atoms with van der Waals surface area (Å²) >= 11 is 3.56. The number of hydrogen-bond acceptors (Lipinski definition) is 3. The lowest BCUT2D eigenvalue weighted by Gasteiger charge is -2.09. The predicted molar refractivity (Wildman–Crippen MR) is 87.9 cm³/mol. The Kier molecular flexibility index (Phi) is 4.01. The van der Waals surface area contributed by atoms with Gasteiger partial charge in [0.25, 0.3) is 0 Å². The van der Waals surface area contributed by atoms with E-state index in [-0.39, 0.29) is 0 Å². The average Bonchev–Trinajstić information content (AvgIpc) is 2.93. The Hall–Kier alpha value is -2.14. The summed E-state index contributed by atoms with van der Waals surface area (Å²) in [4.78, 5) is 0. The topological polar surface area (TPSA) is 42.7 Å². The van der Waals surface area contributed by atoms with Crippen LogP contribution in [0.25, 0.3) is 11.4 Å². The first-order valence-corrected chi connectivity index (χ1v) is 7.45. The molecule has 0 radical (unpaired) electrons. The van der Waals surface area contributed by atoms with Crippen molar-refractivity contribution in [3.8, 4) is 11.4 Å². The highest BCUT2D eigenvalue weighted by Crippen LogP contribution is 2.22. The highest BCUT2D eigenvalue weighted by atomic mass is 79.9. The van der Waals surface area contributed by atoms with Gasteiger partial charge in [-0.15, -0.1) is 10.2 Å². The predicted octanol–water partition coefficient (Wildman–Crippen LogP) is 3.86. The second kappa shape index (κ2) is 6.10. The molecule has 0 unspecified atom stereocenters. The quantitative estimate of drug-likeness (QED) is 0.782. The van der Waals surface area contributed by atoms with Crippen molar-refractivity contribution in [2.45, 2.75) is 6.54 Å². The van der Waals surface area contributed by atoms with Gasteiger partial charge in [-0.05, 0) is 23.8 Å². The van der Waals surface area contributed by atoms with Gasteiger partial charge in [-0.1, -0.05) is 46.3 Å². The Morgan fingerprint density at radius 2 is 2.00 bits per heavy atom. The van der Waals surface area contributed by atoms with Crippen LogP contribution < -0.4 is 5.32 Å². The molecule has 0 aliphatic rings. The molecule has 0 amide bonds. The van der Waals surface area contributed by atoms with Gasteiger partial charge in [0, 0.05) is 29.3 Å². The first kappa shape index (κ1) is 13.8. The smallest absolute Gasteiger partial charge is 0.163 e. The lowest BCUT2D eigenvalue weighted by Crippen LogP contribution is -2.00. The maximum absolute atomic E-state index is 4.14. The van der Waals surface area contributed by atoms with Gasteiger partial charge >= 0.3 is 0 Å². The number of benzene rings is 2. The van der Waals surface area contributed by atoms with Gasteiger partial charge in [0.1, 0.15) is 6.33 Å². The van der Waals surface area contributed by atoms with Crippen LogP contribution in [0.4, 0.5) is 5.69 Å². The first-order valence-electron chi connectivity index (χ1n) is 6.66. The molecule has 1 heterocycles. The van der Waals surface area contributed by atoms with Crippen molar-refractivity contribution in [3.05, 3.63) is 64.9 Å². The van der Waals surface area contributed by atoms with Crippen LogP contribution in [0.3, 0.4) is 0 Å². The van der Waals surface area contributed by atoms with Crippen LogP contribution in [-0.2, 0) is 13.6 Å². The fourth-order valence-corrected chi connectivity index (χ4v) is 2.58. The van der Waals surface area contributed by atoms with Gasteiger partial charge in [-0.2, -0.15) is 0 Å². The monoisotopic (exact) mass is 342 g/mol. The average molecular weight is 343 g/mol. The molecule has 0 saturated carbocycles. The number of nitrogens with zero attached hydrogens (tertiary/aromatic N) is 3. The van der Waals surface area contributed by atoms with E-state index >= 15 is 0 Å². The molecular formula is C16H15BrN4. The van der Waals surface area contributed by atoms with Crippen LogP contribution in [0, 0.1) is 0 Å².